The van der Waals surface area contributed by atoms with Crippen LogP contribution in [-0.4, -0.2) is 41.0 Å². The van der Waals surface area contributed by atoms with Crippen LogP contribution in [0.2, 0.25) is 0 Å². The highest BCUT2D eigenvalue weighted by atomic mass is 16.5. The molecule has 1 aliphatic rings. The molecule has 0 fully saturated rings. The first-order chi connectivity index (χ1) is 9.65. The lowest BCUT2D eigenvalue weighted by molar-refractivity contribution is -0.130. The summed E-state index contributed by atoms with van der Waals surface area (Å²) >= 11 is 0. The SMILES string of the molecule is CCOc1ccccc1C1=NN(CC(O)CC)C(=O)C1. The molecule has 0 saturated carbocycles. The molecule has 20 heavy (non-hydrogen) atoms. The Kier molecular flexibility index (Phi) is 4.74. The Bertz CT molecular complexity index is 514. The molecule has 1 aliphatic heterocycles. The summed E-state index contributed by atoms with van der Waals surface area (Å²) in [4.78, 5) is 11.9. The summed E-state index contributed by atoms with van der Waals surface area (Å²) < 4.78 is 5.56. The van der Waals surface area contributed by atoms with Crippen LogP contribution in [0, 0.1) is 0 Å². The molecule has 5 nitrogen and oxygen atoms in total. The quantitative estimate of drug-likeness (QED) is 0.861. The number of benzene rings is 1. The third-order valence-corrected chi connectivity index (χ3v) is 3.20. The van der Waals surface area contributed by atoms with Gasteiger partial charge in [-0.1, -0.05) is 19.1 Å². The lowest BCUT2D eigenvalue weighted by Gasteiger charge is -2.15. The van der Waals surface area contributed by atoms with Gasteiger partial charge in [0.1, 0.15) is 5.75 Å². The predicted octanol–water partition coefficient (Wildman–Crippen LogP) is 1.79. The standard InChI is InChI=1S/C15H20N2O3/c1-3-11(18)10-17-15(19)9-13(16-17)12-7-5-6-8-14(12)20-4-2/h5-8,11,18H,3-4,9-10H2,1-2H3. The number of amides is 1. The van der Waals surface area contributed by atoms with Crippen LogP contribution < -0.4 is 4.74 Å². The zero-order valence-electron chi connectivity index (χ0n) is 11.9. The lowest BCUT2D eigenvalue weighted by Crippen LogP contribution is -2.29. The number of carbonyl (C=O) groups is 1. The normalized spacial score (nSPS) is 16.2. The number of aliphatic hydroxyl groups excluding tert-OH is 1. The van der Waals surface area contributed by atoms with E-state index in [1.54, 1.807) is 0 Å². The minimum Gasteiger partial charge on any atom is -0.493 e. The molecule has 0 radical (unpaired) electrons. The van der Waals surface area contributed by atoms with Crippen molar-refractivity contribution in [3.8, 4) is 5.75 Å². The van der Waals surface area contributed by atoms with Crippen LogP contribution in [0.1, 0.15) is 32.3 Å². The van der Waals surface area contributed by atoms with Gasteiger partial charge in [-0.2, -0.15) is 5.10 Å². The van der Waals surface area contributed by atoms with Gasteiger partial charge in [0.05, 0.1) is 31.4 Å². The number of rotatable bonds is 6. The fraction of sp³-hybridized carbons (Fsp3) is 0.467. The highest BCUT2D eigenvalue weighted by molar-refractivity contribution is 6.14. The van der Waals surface area contributed by atoms with Crippen molar-refractivity contribution in [2.24, 2.45) is 5.10 Å². The number of hydrogen-bond donors (Lipinski definition) is 1. The van der Waals surface area contributed by atoms with E-state index in [-0.39, 0.29) is 18.9 Å². The minimum atomic E-state index is -0.538. The van der Waals surface area contributed by atoms with Gasteiger partial charge >= 0.3 is 0 Å². The van der Waals surface area contributed by atoms with Gasteiger partial charge < -0.3 is 9.84 Å². The Balaban J connectivity index is 2.21. The molecule has 0 aliphatic carbocycles. The Labute approximate surface area is 118 Å². The fourth-order valence-electron chi connectivity index (χ4n) is 2.08. The summed E-state index contributed by atoms with van der Waals surface area (Å²) in [6.07, 6.45) is 0.314. The number of aliphatic hydroxyl groups is 1. The van der Waals surface area contributed by atoms with E-state index in [9.17, 15) is 9.90 Å². The molecule has 1 aromatic carbocycles. The van der Waals surface area contributed by atoms with E-state index in [1.165, 1.54) is 5.01 Å². The molecule has 108 valence electrons. The Morgan fingerprint density at radius 1 is 1.40 bits per heavy atom. The van der Waals surface area contributed by atoms with Crippen LogP contribution in [0.15, 0.2) is 29.4 Å². The second kappa shape index (κ2) is 6.52. The zero-order chi connectivity index (χ0) is 14.5. The maximum Gasteiger partial charge on any atom is 0.248 e. The average Bonchev–Trinajstić information content (AvgIpc) is 2.81. The number of carbonyl (C=O) groups excluding carboxylic acids is 1. The molecule has 1 heterocycles. The molecule has 1 amide bonds. The van der Waals surface area contributed by atoms with Gasteiger partial charge in [0.15, 0.2) is 0 Å². The molecule has 1 aromatic rings. The molecule has 0 spiro atoms. The maximum atomic E-state index is 11.9. The third kappa shape index (κ3) is 3.17. The van der Waals surface area contributed by atoms with Gasteiger partial charge in [0.25, 0.3) is 0 Å². The first kappa shape index (κ1) is 14.5. The summed E-state index contributed by atoms with van der Waals surface area (Å²) in [6, 6.07) is 7.56. The smallest absolute Gasteiger partial charge is 0.248 e. The highest BCUT2D eigenvalue weighted by Gasteiger charge is 2.27. The molecule has 1 unspecified atom stereocenters. The van der Waals surface area contributed by atoms with Gasteiger partial charge in [0.2, 0.25) is 5.91 Å². The van der Waals surface area contributed by atoms with E-state index < -0.39 is 6.10 Å². The van der Waals surface area contributed by atoms with E-state index in [1.807, 2.05) is 38.1 Å². The van der Waals surface area contributed by atoms with Crippen molar-refractivity contribution in [2.75, 3.05) is 13.2 Å². The number of β-amino-alcohol motifs (C(OH)–C–C–N with tert-alkyl or cyclic N) is 1. The van der Waals surface area contributed by atoms with Crippen LogP contribution in [0.4, 0.5) is 0 Å². The largest absolute Gasteiger partial charge is 0.493 e. The van der Waals surface area contributed by atoms with Crippen molar-refractivity contribution in [3.05, 3.63) is 29.8 Å². The number of hydrazone groups is 1. The molecule has 5 heteroatoms. The van der Waals surface area contributed by atoms with E-state index >= 15 is 0 Å². The summed E-state index contributed by atoms with van der Waals surface area (Å²) in [5, 5.41) is 15.3. The predicted molar refractivity (Wildman–Crippen MR) is 76.8 cm³/mol. The molecule has 0 aromatic heterocycles. The van der Waals surface area contributed by atoms with Crippen molar-refractivity contribution in [1.82, 2.24) is 5.01 Å². The average molecular weight is 276 g/mol. The van der Waals surface area contributed by atoms with Crippen LogP contribution in [0.5, 0.6) is 5.75 Å². The van der Waals surface area contributed by atoms with Crippen molar-refractivity contribution in [1.29, 1.82) is 0 Å². The second-order valence-electron chi connectivity index (χ2n) is 4.69. The maximum absolute atomic E-state index is 11.9. The van der Waals surface area contributed by atoms with Gasteiger partial charge in [-0.15, -0.1) is 0 Å². The topological polar surface area (TPSA) is 62.1 Å². The first-order valence-corrected chi connectivity index (χ1v) is 6.93. The monoisotopic (exact) mass is 276 g/mol. The second-order valence-corrected chi connectivity index (χ2v) is 4.69. The van der Waals surface area contributed by atoms with Crippen molar-refractivity contribution in [2.45, 2.75) is 32.8 Å². The summed E-state index contributed by atoms with van der Waals surface area (Å²) in [5.41, 5.74) is 1.54. The zero-order valence-corrected chi connectivity index (χ0v) is 11.9. The number of para-hydroxylation sites is 1. The van der Waals surface area contributed by atoms with Gasteiger partial charge in [-0.05, 0) is 25.5 Å². The summed E-state index contributed by atoms with van der Waals surface area (Å²) in [6.45, 7) is 4.61. The summed E-state index contributed by atoms with van der Waals surface area (Å²) in [7, 11) is 0. The van der Waals surface area contributed by atoms with Crippen molar-refractivity contribution in [3.63, 3.8) is 0 Å². The van der Waals surface area contributed by atoms with E-state index in [0.29, 0.717) is 18.7 Å². The molecular weight excluding hydrogens is 256 g/mol. The third-order valence-electron chi connectivity index (χ3n) is 3.20. The number of ether oxygens (including phenoxy) is 1. The number of nitrogens with zero attached hydrogens (tertiary/aromatic N) is 2. The Hall–Kier alpha value is -1.88. The van der Waals surface area contributed by atoms with E-state index in [0.717, 1.165) is 11.3 Å². The molecule has 1 atom stereocenters. The van der Waals surface area contributed by atoms with Crippen LogP contribution >= 0.6 is 0 Å². The molecule has 0 bridgehead atoms. The van der Waals surface area contributed by atoms with E-state index in [2.05, 4.69) is 5.10 Å². The van der Waals surface area contributed by atoms with Crippen molar-refractivity contribution >= 4 is 11.6 Å². The first-order valence-electron chi connectivity index (χ1n) is 6.93. The molecule has 1 N–H and O–H groups in total. The van der Waals surface area contributed by atoms with E-state index in [4.69, 9.17) is 4.74 Å². The molecule has 0 saturated heterocycles. The van der Waals surface area contributed by atoms with Gasteiger partial charge in [-0.3, -0.25) is 4.79 Å². The highest BCUT2D eigenvalue weighted by Crippen LogP contribution is 2.24. The van der Waals surface area contributed by atoms with Gasteiger partial charge in [-0.25, -0.2) is 5.01 Å². The Morgan fingerprint density at radius 3 is 2.85 bits per heavy atom. The van der Waals surface area contributed by atoms with Crippen LogP contribution in [0.25, 0.3) is 0 Å². The lowest BCUT2D eigenvalue weighted by atomic mass is 10.1. The molecule has 2 rings (SSSR count). The Morgan fingerprint density at radius 2 is 2.15 bits per heavy atom. The van der Waals surface area contributed by atoms with Crippen LogP contribution in [-0.2, 0) is 4.79 Å². The van der Waals surface area contributed by atoms with Gasteiger partial charge in [0, 0.05) is 5.56 Å². The minimum absolute atomic E-state index is 0.0844. The summed E-state index contributed by atoms with van der Waals surface area (Å²) in [5.74, 6) is 0.651. The van der Waals surface area contributed by atoms with Crippen LogP contribution in [0.3, 0.4) is 0 Å². The van der Waals surface area contributed by atoms with Crippen molar-refractivity contribution < 1.29 is 14.6 Å². The fourth-order valence-corrected chi connectivity index (χ4v) is 2.08. The number of hydrogen-bond acceptors (Lipinski definition) is 4. The molecular formula is C15H20N2O3.